The summed E-state index contributed by atoms with van der Waals surface area (Å²) in [5.41, 5.74) is 0.273. The molecule has 1 aromatic heterocycles. The molecule has 0 spiro atoms. The van der Waals surface area contributed by atoms with Gasteiger partial charge in [-0.05, 0) is 23.6 Å². The van der Waals surface area contributed by atoms with Crippen molar-refractivity contribution < 1.29 is 4.39 Å². The fourth-order valence-corrected chi connectivity index (χ4v) is 3.40. The smallest absolute Gasteiger partial charge is 0.129 e. The van der Waals surface area contributed by atoms with Crippen LogP contribution in [0.15, 0.2) is 29.6 Å². The van der Waals surface area contributed by atoms with Crippen molar-refractivity contribution in [3.8, 4) is 0 Å². The second kappa shape index (κ2) is 4.92. The summed E-state index contributed by atoms with van der Waals surface area (Å²) in [6, 6.07) is 6.21. The molecule has 0 nitrogen and oxygen atoms in total. The highest BCUT2D eigenvalue weighted by Crippen LogP contribution is 2.40. The van der Waals surface area contributed by atoms with E-state index in [9.17, 15) is 4.39 Å². The maximum absolute atomic E-state index is 13.6. The van der Waals surface area contributed by atoms with E-state index in [1.807, 2.05) is 5.38 Å². The maximum Gasteiger partial charge on any atom is 0.129 e. The predicted molar refractivity (Wildman–Crippen MR) is 68.4 cm³/mol. The van der Waals surface area contributed by atoms with Crippen molar-refractivity contribution in [3.05, 3.63) is 55.9 Å². The lowest BCUT2D eigenvalue weighted by Gasteiger charge is -2.11. The molecule has 1 atom stereocenters. The van der Waals surface area contributed by atoms with E-state index in [0.717, 1.165) is 0 Å². The Balaban J connectivity index is 2.49. The predicted octanol–water partition coefficient (Wildman–Crippen LogP) is 5.52. The topological polar surface area (TPSA) is 0 Å². The minimum absolute atomic E-state index is 0.273. The van der Waals surface area contributed by atoms with E-state index in [1.54, 1.807) is 18.2 Å². The highest BCUT2D eigenvalue weighted by molar-refractivity contribution is 7.11. The van der Waals surface area contributed by atoms with E-state index < -0.39 is 11.2 Å². The molecule has 2 rings (SSSR count). The number of rotatable bonds is 2. The molecular formula is C11H6Cl3FS. The lowest BCUT2D eigenvalue weighted by atomic mass is 10.1. The van der Waals surface area contributed by atoms with Crippen molar-refractivity contribution >= 4 is 46.1 Å². The second-order valence-electron chi connectivity index (χ2n) is 3.13. The first-order chi connectivity index (χ1) is 7.61. The molecule has 0 fully saturated rings. The van der Waals surface area contributed by atoms with Crippen LogP contribution in [0.25, 0.3) is 0 Å². The molecule has 2 aromatic rings. The van der Waals surface area contributed by atoms with Gasteiger partial charge < -0.3 is 0 Å². The first kappa shape index (κ1) is 12.2. The molecule has 5 heteroatoms. The summed E-state index contributed by atoms with van der Waals surface area (Å²) in [4.78, 5) is 0.704. The Morgan fingerprint density at radius 2 is 1.88 bits per heavy atom. The molecule has 1 unspecified atom stereocenters. The summed E-state index contributed by atoms with van der Waals surface area (Å²) >= 11 is 19.5. The summed E-state index contributed by atoms with van der Waals surface area (Å²) in [5.74, 6) is -0.419. The lowest BCUT2D eigenvalue weighted by Crippen LogP contribution is -1.96. The zero-order valence-corrected chi connectivity index (χ0v) is 11.0. The standard InChI is InChI=1S/C11H6Cl3FS/c12-6-2-1-3-8(15)9(6)10(14)11-7(13)4-5-16-11/h1-5,10H. The lowest BCUT2D eigenvalue weighted by molar-refractivity contribution is 0.613. The number of alkyl halides is 1. The van der Waals surface area contributed by atoms with Crippen molar-refractivity contribution in [1.82, 2.24) is 0 Å². The molecule has 0 amide bonds. The van der Waals surface area contributed by atoms with Gasteiger partial charge in [0.25, 0.3) is 0 Å². The van der Waals surface area contributed by atoms with Crippen LogP contribution < -0.4 is 0 Å². The van der Waals surface area contributed by atoms with Gasteiger partial charge in [0, 0.05) is 15.5 Å². The molecule has 0 bridgehead atoms. The fraction of sp³-hybridized carbons (Fsp3) is 0.0909. The minimum Gasteiger partial charge on any atom is -0.207 e. The Hall–Kier alpha value is -0.280. The Morgan fingerprint density at radius 1 is 1.12 bits per heavy atom. The summed E-state index contributed by atoms with van der Waals surface area (Å²) in [6.45, 7) is 0. The van der Waals surface area contributed by atoms with Crippen LogP contribution in [0.1, 0.15) is 15.8 Å². The molecule has 1 heterocycles. The normalized spacial score (nSPS) is 12.8. The molecule has 1 aromatic carbocycles. The molecule has 16 heavy (non-hydrogen) atoms. The van der Waals surface area contributed by atoms with E-state index in [1.165, 1.54) is 17.4 Å². The highest BCUT2D eigenvalue weighted by Gasteiger charge is 2.21. The van der Waals surface area contributed by atoms with E-state index in [2.05, 4.69) is 0 Å². The first-order valence-electron chi connectivity index (χ1n) is 4.42. The number of benzene rings is 1. The monoisotopic (exact) mass is 294 g/mol. The molecule has 0 aliphatic heterocycles. The number of hydrogen-bond donors (Lipinski definition) is 0. The van der Waals surface area contributed by atoms with Gasteiger partial charge in [0.2, 0.25) is 0 Å². The van der Waals surface area contributed by atoms with Gasteiger partial charge in [0.1, 0.15) is 5.82 Å². The molecule has 0 radical (unpaired) electrons. The zero-order valence-electron chi connectivity index (χ0n) is 7.88. The molecule has 0 aliphatic rings. The number of hydrogen-bond acceptors (Lipinski definition) is 1. The molecule has 0 N–H and O–H groups in total. The van der Waals surface area contributed by atoms with Gasteiger partial charge in [-0.25, -0.2) is 4.39 Å². The van der Waals surface area contributed by atoms with Gasteiger partial charge in [-0.1, -0.05) is 29.3 Å². The molecule has 0 aliphatic carbocycles. The second-order valence-corrected chi connectivity index (χ2v) is 5.33. The van der Waals surface area contributed by atoms with Crippen molar-refractivity contribution in [2.45, 2.75) is 5.38 Å². The van der Waals surface area contributed by atoms with Crippen molar-refractivity contribution in [3.63, 3.8) is 0 Å². The molecular weight excluding hydrogens is 290 g/mol. The Bertz CT molecular complexity index is 489. The van der Waals surface area contributed by atoms with Crippen molar-refractivity contribution in [1.29, 1.82) is 0 Å². The van der Waals surface area contributed by atoms with Gasteiger partial charge in [-0.3, -0.25) is 0 Å². The summed E-state index contributed by atoms with van der Waals surface area (Å²) in [6.07, 6.45) is 0. The van der Waals surface area contributed by atoms with Crippen LogP contribution in [0.5, 0.6) is 0 Å². The summed E-state index contributed by atoms with van der Waals surface area (Å²) in [7, 11) is 0. The van der Waals surface area contributed by atoms with Crippen molar-refractivity contribution in [2.75, 3.05) is 0 Å². The SMILES string of the molecule is Fc1cccc(Cl)c1C(Cl)c1sccc1Cl. The van der Waals surface area contributed by atoms with Crippen LogP contribution in [0.2, 0.25) is 10.0 Å². The summed E-state index contributed by atoms with van der Waals surface area (Å²) < 4.78 is 13.6. The Kier molecular flexibility index (Phi) is 3.75. The van der Waals surface area contributed by atoms with Crippen LogP contribution in [0, 0.1) is 5.82 Å². The fourth-order valence-electron chi connectivity index (χ4n) is 1.37. The minimum atomic E-state index is -0.652. The van der Waals surface area contributed by atoms with Gasteiger partial charge in [-0.15, -0.1) is 22.9 Å². The third-order valence-electron chi connectivity index (χ3n) is 2.13. The van der Waals surface area contributed by atoms with E-state index in [0.29, 0.717) is 14.9 Å². The van der Waals surface area contributed by atoms with Crippen molar-refractivity contribution in [2.24, 2.45) is 0 Å². The molecule has 84 valence electrons. The number of halogens is 4. The third kappa shape index (κ3) is 2.21. The van der Waals surface area contributed by atoms with Gasteiger partial charge >= 0.3 is 0 Å². The first-order valence-corrected chi connectivity index (χ1v) is 6.49. The molecule has 0 saturated heterocycles. The van der Waals surface area contributed by atoms with Crippen LogP contribution in [0.3, 0.4) is 0 Å². The third-order valence-corrected chi connectivity index (χ3v) is 4.45. The maximum atomic E-state index is 13.6. The van der Waals surface area contributed by atoms with E-state index >= 15 is 0 Å². The van der Waals surface area contributed by atoms with Crippen LogP contribution in [-0.2, 0) is 0 Å². The average molecular weight is 296 g/mol. The Morgan fingerprint density at radius 3 is 2.44 bits per heavy atom. The quantitative estimate of drug-likeness (QED) is 0.640. The van der Waals surface area contributed by atoms with Gasteiger partial charge in [-0.2, -0.15) is 0 Å². The Labute approximate surface area is 112 Å². The molecule has 0 saturated carbocycles. The van der Waals surface area contributed by atoms with E-state index in [-0.39, 0.29) is 5.56 Å². The van der Waals surface area contributed by atoms with Crippen LogP contribution >= 0.6 is 46.1 Å². The highest BCUT2D eigenvalue weighted by atomic mass is 35.5. The number of thiophene rings is 1. The largest absolute Gasteiger partial charge is 0.207 e. The van der Waals surface area contributed by atoms with E-state index in [4.69, 9.17) is 34.8 Å². The van der Waals surface area contributed by atoms with Gasteiger partial charge in [0.05, 0.1) is 10.4 Å². The van der Waals surface area contributed by atoms with Gasteiger partial charge in [0.15, 0.2) is 0 Å². The van der Waals surface area contributed by atoms with Crippen LogP contribution in [0.4, 0.5) is 4.39 Å². The zero-order chi connectivity index (χ0) is 11.7. The summed E-state index contributed by atoms with van der Waals surface area (Å²) in [5, 5.41) is 2.00. The van der Waals surface area contributed by atoms with Crippen LogP contribution in [-0.4, -0.2) is 0 Å². The average Bonchev–Trinajstić information content (AvgIpc) is 2.64.